The number of alkyl halides is 2. The van der Waals surface area contributed by atoms with Gasteiger partial charge in [0.1, 0.15) is 10.8 Å². The van der Waals surface area contributed by atoms with Gasteiger partial charge in [0.2, 0.25) is 0 Å². The number of halogens is 3. The number of pyridine rings is 1. The van der Waals surface area contributed by atoms with Crippen LogP contribution in [0.1, 0.15) is 38.5 Å². The summed E-state index contributed by atoms with van der Waals surface area (Å²) in [4.78, 5) is 8.44. The molecule has 2 aliphatic heterocycles. The molecule has 0 aromatic carbocycles. The van der Waals surface area contributed by atoms with Gasteiger partial charge in [0.15, 0.2) is 0 Å². The summed E-state index contributed by atoms with van der Waals surface area (Å²) in [5, 5.41) is 3.49. The lowest BCUT2D eigenvalue weighted by Crippen LogP contribution is -2.63. The minimum atomic E-state index is -2.59. The number of nitrogens with one attached hydrogen (secondary N) is 1. The van der Waals surface area contributed by atoms with E-state index in [2.05, 4.69) is 20.1 Å². The molecule has 1 aromatic rings. The Balaban J connectivity index is 0.00000100. The zero-order valence-corrected chi connectivity index (χ0v) is 15.4. The Morgan fingerprint density at radius 1 is 1.29 bits per heavy atom. The quantitative estimate of drug-likeness (QED) is 0.834. The van der Waals surface area contributed by atoms with Gasteiger partial charge in [-0.25, -0.2) is 13.8 Å². The molecule has 0 amide bonds. The van der Waals surface area contributed by atoms with E-state index in [9.17, 15) is 8.78 Å². The molecule has 136 valence electrons. The molecule has 0 atom stereocenters. The van der Waals surface area contributed by atoms with Gasteiger partial charge in [-0.1, -0.05) is 32.4 Å². The van der Waals surface area contributed by atoms with Crippen LogP contribution in [0.15, 0.2) is 6.07 Å². The maximum Gasteiger partial charge on any atom is 0.280 e. The van der Waals surface area contributed by atoms with Crippen LogP contribution in [0.3, 0.4) is 0 Å². The van der Waals surface area contributed by atoms with E-state index in [0.717, 1.165) is 45.0 Å². The minimum absolute atomic E-state index is 0.146. The summed E-state index contributed by atoms with van der Waals surface area (Å²) in [6, 6.07) is 2.23. The molecule has 7 heteroatoms. The molecule has 0 bridgehead atoms. The average Bonchev–Trinajstić information content (AvgIpc) is 2.56. The Morgan fingerprint density at radius 3 is 2.46 bits per heavy atom. The van der Waals surface area contributed by atoms with E-state index < -0.39 is 6.43 Å². The first-order valence-corrected chi connectivity index (χ1v) is 9.15. The molecular weight excluding hydrogens is 334 g/mol. The van der Waals surface area contributed by atoms with Crippen molar-refractivity contribution in [3.05, 3.63) is 22.5 Å². The minimum Gasteiger partial charge on any atom is -0.368 e. The van der Waals surface area contributed by atoms with Crippen molar-refractivity contribution in [1.82, 2.24) is 15.2 Å². The third-order valence-corrected chi connectivity index (χ3v) is 4.73. The normalized spacial score (nSPS) is 19.0. The molecule has 1 N–H and O–H groups in total. The van der Waals surface area contributed by atoms with E-state index in [-0.39, 0.29) is 10.8 Å². The smallest absolute Gasteiger partial charge is 0.280 e. The topological polar surface area (TPSA) is 31.4 Å². The second-order valence-electron chi connectivity index (χ2n) is 5.83. The van der Waals surface area contributed by atoms with Crippen molar-refractivity contribution >= 4 is 17.3 Å². The van der Waals surface area contributed by atoms with Crippen LogP contribution in [0.2, 0.25) is 5.15 Å². The van der Waals surface area contributed by atoms with Crippen LogP contribution in [0.4, 0.5) is 14.5 Å². The van der Waals surface area contributed by atoms with Crippen LogP contribution in [-0.4, -0.2) is 55.2 Å². The summed E-state index contributed by atoms with van der Waals surface area (Å²) in [5.74, 6) is 0. The number of piperazine rings is 1. The van der Waals surface area contributed by atoms with Crippen molar-refractivity contribution in [2.24, 2.45) is 0 Å². The summed E-state index contributed by atoms with van der Waals surface area (Å²) in [5.41, 5.74) is 1.28. The van der Waals surface area contributed by atoms with Gasteiger partial charge in [0, 0.05) is 56.6 Å². The Bertz CT molecular complexity index is 530. The van der Waals surface area contributed by atoms with Crippen LogP contribution >= 0.6 is 11.6 Å². The molecule has 3 rings (SSSR count). The molecule has 0 saturated carbocycles. The molecule has 0 spiro atoms. The maximum absolute atomic E-state index is 13.2. The second kappa shape index (κ2) is 8.92. The zero-order chi connectivity index (χ0) is 17.7. The van der Waals surface area contributed by atoms with Gasteiger partial charge in [0.25, 0.3) is 6.43 Å². The first-order valence-electron chi connectivity index (χ1n) is 8.77. The zero-order valence-electron chi connectivity index (χ0n) is 14.7. The van der Waals surface area contributed by atoms with Crippen LogP contribution in [0, 0.1) is 0 Å². The Labute approximate surface area is 148 Å². The predicted octanol–water partition coefficient (Wildman–Crippen LogP) is 3.36. The van der Waals surface area contributed by atoms with Crippen molar-refractivity contribution in [2.45, 2.75) is 39.7 Å². The summed E-state index contributed by atoms with van der Waals surface area (Å²) in [7, 11) is 0. The number of rotatable bonds is 4. The first kappa shape index (κ1) is 19.3. The fourth-order valence-electron chi connectivity index (χ4n) is 3.30. The van der Waals surface area contributed by atoms with Gasteiger partial charge in [-0.05, 0) is 12.5 Å². The Morgan fingerprint density at radius 2 is 1.92 bits per heavy atom. The predicted molar refractivity (Wildman–Crippen MR) is 95.4 cm³/mol. The lowest BCUT2D eigenvalue weighted by atomic mass is 10.0. The highest BCUT2D eigenvalue weighted by Crippen LogP contribution is 2.35. The molecule has 2 fully saturated rings. The number of hydrogen-bond donors (Lipinski definition) is 1. The van der Waals surface area contributed by atoms with Crippen molar-refractivity contribution in [3.8, 4) is 0 Å². The second-order valence-corrected chi connectivity index (χ2v) is 6.21. The summed E-state index contributed by atoms with van der Waals surface area (Å²) < 4.78 is 26.3. The van der Waals surface area contributed by atoms with E-state index >= 15 is 0 Å². The fourth-order valence-corrected chi connectivity index (χ4v) is 3.50. The number of nitrogens with zero attached hydrogens (tertiary/aromatic N) is 3. The van der Waals surface area contributed by atoms with Gasteiger partial charge in [-0.3, -0.25) is 4.90 Å². The Hall–Kier alpha value is -0.980. The molecule has 0 radical (unpaired) electrons. The standard InChI is InChI=1S/C15H21ClF2N4.C2H6/c1-2-11-12(7-13(16)20-14(11)15(17)18)22-8-10(9-22)21-5-3-19-4-6-21;1-2/h7,10,15,19H,2-6,8-9H2,1H3;1-2H3. The SMILES string of the molecule is CC.CCc1c(N2CC(N3CCNCC3)C2)cc(Cl)nc1C(F)F. The molecule has 2 saturated heterocycles. The third-order valence-electron chi connectivity index (χ3n) is 4.53. The molecule has 0 unspecified atom stereocenters. The molecule has 24 heavy (non-hydrogen) atoms. The number of hydrogen-bond acceptors (Lipinski definition) is 4. The van der Waals surface area contributed by atoms with Gasteiger partial charge in [-0.2, -0.15) is 0 Å². The largest absolute Gasteiger partial charge is 0.368 e. The highest BCUT2D eigenvalue weighted by Gasteiger charge is 2.34. The Kier molecular flexibility index (Phi) is 7.19. The van der Waals surface area contributed by atoms with Gasteiger partial charge in [-0.15, -0.1) is 0 Å². The molecule has 3 heterocycles. The molecular formula is C17H27ClF2N4. The number of anilines is 1. The lowest BCUT2D eigenvalue weighted by Gasteiger charge is -2.48. The summed E-state index contributed by atoms with van der Waals surface area (Å²) in [6.45, 7) is 11.8. The monoisotopic (exact) mass is 360 g/mol. The maximum atomic E-state index is 13.2. The van der Waals surface area contributed by atoms with Crippen LogP contribution in [-0.2, 0) is 6.42 Å². The number of aromatic nitrogens is 1. The van der Waals surface area contributed by atoms with Gasteiger partial charge < -0.3 is 10.2 Å². The van der Waals surface area contributed by atoms with E-state index in [1.165, 1.54) is 0 Å². The highest BCUT2D eigenvalue weighted by atomic mass is 35.5. The average molecular weight is 361 g/mol. The van der Waals surface area contributed by atoms with E-state index in [0.29, 0.717) is 18.0 Å². The lowest BCUT2D eigenvalue weighted by molar-refractivity contribution is 0.143. The first-order chi connectivity index (χ1) is 11.6. The van der Waals surface area contributed by atoms with Crippen molar-refractivity contribution in [3.63, 3.8) is 0 Å². The van der Waals surface area contributed by atoms with Gasteiger partial charge >= 0.3 is 0 Å². The van der Waals surface area contributed by atoms with Crippen LogP contribution < -0.4 is 10.2 Å². The third kappa shape index (κ3) is 4.16. The summed E-state index contributed by atoms with van der Waals surface area (Å²) in [6.07, 6.45) is -2.05. The van der Waals surface area contributed by atoms with Crippen molar-refractivity contribution in [2.75, 3.05) is 44.2 Å². The van der Waals surface area contributed by atoms with Crippen LogP contribution in [0.5, 0.6) is 0 Å². The molecule has 1 aromatic heterocycles. The van der Waals surface area contributed by atoms with E-state index in [4.69, 9.17) is 11.6 Å². The van der Waals surface area contributed by atoms with E-state index in [1.54, 1.807) is 6.07 Å². The summed E-state index contributed by atoms with van der Waals surface area (Å²) >= 11 is 5.94. The fraction of sp³-hybridized carbons (Fsp3) is 0.706. The van der Waals surface area contributed by atoms with E-state index in [1.807, 2.05) is 20.8 Å². The van der Waals surface area contributed by atoms with Crippen molar-refractivity contribution < 1.29 is 8.78 Å². The highest BCUT2D eigenvalue weighted by molar-refractivity contribution is 6.29. The molecule has 4 nitrogen and oxygen atoms in total. The van der Waals surface area contributed by atoms with Gasteiger partial charge in [0.05, 0.1) is 0 Å². The van der Waals surface area contributed by atoms with Crippen LogP contribution in [0.25, 0.3) is 0 Å². The van der Waals surface area contributed by atoms with Crippen molar-refractivity contribution in [1.29, 1.82) is 0 Å². The molecule has 0 aliphatic carbocycles. The molecule has 2 aliphatic rings.